The molecule has 1 unspecified atom stereocenters. The molecule has 2 heterocycles. The SMILES string of the molecule is C[N+]1=C(C=CC2=C(Cl)C(=CC=C3[NH+](C)c4ccccc4C3(C)C)CCC2)C(C)(C)c2ccccc21. The van der Waals surface area contributed by atoms with Crippen LogP contribution in [0.3, 0.4) is 0 Å². The topological polar surface area (TPSA) is 7.45 Å². The summed E-state index contributed by atoms with van der Waals surface area (Å²) >= 11 is 7.01. The van der Waals surface area contributed by atoms with Gasteiger partial charge in [0.15, 0.2) is 5.71 Å². The Labute approximate surface area is 215 Å². The zero-order chi connectivity index (χ0) is 25.0. The second-order valence-corrected chi connectivity index (χ2v) is 11.6. The summed E-state index contributed by atoms with van der Waals surface area (Å²) in [4.78, 5) is 1.38. The Hall–Kier alpha value is -2.68. The molecule has 1 N–H and O–H groups in total. The third-order valence-corrected chi connectivity index (χ3v) is 8.86. The van der Waals surface area contributed by atoms with E-state index in [4.69, 9.17) is 11.6 Å². The highest BCUT2D eigenvalue weighted by Gasteiger charge is 2.44. The normalized spacial score (nSPS) is 25.2. The molecule has 0 bridgehead atoms. The minimum Gasteiger partial charge on any atom is -0.275 e. The van der Waals surface area contributed by atoms with E-state index in [-0.39, 0.29) is 10.8 Å². The summed E-state index contributed by atoms with van der Waals surface area (Å²) in [6.07, 6.45) is 12.3. The van der Waals surface area contributed by atoms with Crippen LogP contribution in [0.15, 0.2) is 94.7 Å². The van der Waals surface area contributed by atoms with Gasteiger partial charge in [0.05, 0.1) is 17.9 Å². The van der Waals surface area contributed by atoms with Crippen molar-refractivity contribution in [2.45, 2.75) is 57.8 Å². The lowest BCUT2D eigenvalue weighted by molar-refractivity contribution is -0.764. The zero-order valence-corrected chi connectivity index (χ0v) is 22.6. The Kier molecular flexibility index (Phi) is 6.02. The first-order chi connectivity index (χ1) is 16.6. The van der Waals surface area contributed by atoms with Crippen molar-refractivity contribution in [2.24, 2.45) is 0 Å². The van der Waals surface area contributed by atoms with Crippen molar-refractivity contribution in [1.29, 1.82) is 0 Å². The standard InChI is InChI=1S/C32H36ClN2/c1-31(2)24-14-7-9-16-26(24)34(5)28(31)20-18-22-12-11-13-23(30(22)33)19-21-29-32(3,4)25-15-8-10-17-27(25)35(29)6/h7-10,14-21H,11-13H2,1-6H3/q+1/p+1. The lowest BCUT2D eigenvalue weighted by Crippen LogP contribution is -3.01. The van der Waals surface area contributed by atoms with E-state index in [1.807, 2.05) is 0 Å². The Bertz CT molecular complexity index is 1350. The average Bonchev–Trinajstić information content (AvgIpc) is 3.16. The number of allylic oxidation sites excluding steroid dienone is 8. The third kappa shape index (κ3) is 3.88. The Balaban J connectivity index is 1.46. The van der Waals surface area contributed by atoms with Crippen LogP contribution in [-0.2, 0) is 10.8 Å². The molecule has 3 aliphatic rings. The number of nitrogens with one attached hydrogen (secondary N) is 1. The minimum absolute atomic E-state index is 0.00954. The van der Waals surface area contributed by atoms with Crippen LogP contribution < -0.4 is 4.90 Å². The molecule has 35 heavy (non-hydrogen) atoms. The van der Waals surface area contributed by atoms with Crippen molar-refractivity contribution in [3.05, 3.63) is 106 Å². The maximum absolute atomic E-state index is 7.01. The van der Waals surface area contributed by atoms with E-state index < -0.39 is 0 Å². The summed E-state index contributed by atoms with van der Waals surface area (Å²) < 4.78 is 2.32. The van der Waals surface area contributed by atoms with Crippen molar-refractivity contribution in [2.75, 3.05) is 14.1 Å². The van der Waals surface area contributed by atoms with Gasteiger partial charge in [-0.05, 0) is 70.2 Å². The number of likely N-dealkylation sites (N-methyl/N-ethyl adjacent to an activating group) is 1. The van der Waals surface area contributed by atoms with Crippen LogP contribution in [0.4, 0.5) is 11.4 Å². The first kappa shape index (κ1) is 24.0. The van der Waals surface area contributed by atoms with Gasteiger partial charge in [0.25, 0.3) is 0 Å². The summed E-state index contributed by atoms with van der Waals surface area (Å²) in [5.41, 5.74) is 10.6. The molecular formula is C32H37ClN2+2. The summed E-state index contributed by atoms with van der Waals surface area (Å²) in [6.45, 7) is 9.27. The van der Waals surface area contributed by atoms with E-state index in [2.05, 4.69) is 119 Å². The fourth-order valence-electron chi connectivity index (χ4n) is 6.32. The van der Waals surface area contributed by atoms with Gasteiger partial charge < -0.3 is 0 Å². The largest absolute Gasteiger partial charge is 0.275 e. The van der Waals surface area contributed by atoms with Crippen LogP contribution >= 0.6 is 11.6 Å². The third-order valence-electron chi connectivity index (χ3n) is 8.37. The molecule has 2 aromatic carbocycles. The van der Waals surface area contributed by atoms with Crippen LogP contribution in [0, 0.1) is 0 Å². The van der Waals surface area contributed by atoms with Gasteiger partial charge in [-0.15, -0.1) is 0 Å². The Morgan fingerprint density at radius 2 is 1.54 bits per heavy atom. The number of halogens is 1. The number of rotatable bonds is 3. The van der Waals surface area contributed by atoms with Crippen LogP contribution in [-0.4, -0.2) is 24.4 Å². The predicted octanol–water partition coefficient (Wildman–Crippen LogP) is 6.87. The number of benzene rings is 2. The molecule has 1 aliphatic carbocycles. The van der Waals surface area contributed by atoms with Gasteiger partial charge in [-0.1, -0.05) is 60.2 Å². The molecule has 0 aromatic heterocycles. The number of fused-ring (bicyclic) bond motifs is 2. The predicted molar refractivity (Wildman–Crippen MR) is 148 cm³/mol. The molecule has 3 heteroatoms. The van der Waals surface area contributed by atoms with Gasteiger partial charge >= 0.3 is 0 Å². The monoisotopic (exact) mass is 484 g/mol. The lowest BCUT2D eigenvalue weighted by atomic mass is 9.81. The summed E-state index contributed by atoms with van der Waals surface area (Å²) in [5.74, 6) is 0. The van der Waals surface area contributed by atoms with Crippen LogP contribution in [0.25, 0.3) is 0 Å². The van der Waals surface area contributed by atoms with Crippen molar-refractivity contribution < 1.29 is 9.48 Å². The average molecular weight is 485 g/mol. The van der Waals surface area contributed by atoms with E-state index in [0.717, 1.165) is 24.3 Å². The van der Waals surface area contributed by atoms with Gasteiger partial charge in [0.2, 0.25) is 5.69 Å². The van der Waals surface area contributed by atoms with Crippen LogP contribution in [0.2, 0.25) is 0 Å². The minimum atomic E-state index is -0.0247. The molecule has 0 saturated carbocycles. The number of hydrogen-bond acceptors (Lipinski definition) is 0. The fraction of sp³-hybridized carbons (Fsp3) is 0.344. The van der Waals surface area contributed by atoms with Crippen molar-refractivity contribution in [3.8, 4) is 0 Å². The first-order valence-corrected chi connectivity index (χ1v) is 13.1. The molecule has 0 saturated heterocycles. The highest BCUT2D eigenvalue weighted by Crippen LogP contribution is 2.41. The van der Waals surface area contributed by atoms with Crippen LogP contribution in [0.1, 0.15) is 58.1 Å². The van der Waals surface area contributed by atoms with Crippen molar-refractivity contribution in [3.63, 3.8) is 0 Å². The molecule has 0 fully saturated rings. The summed E-state index contributed by atoms with van der Waals surface area (Å²) in [5, 5.41) is 0.923. The molecule has 2 aromatic rings. The van der Waals surface area contributed by atoms with Gasteiger partial charge in [-0.2, -0.15) is 4.58 Å². The number of quaternary nitrogens is 1. The lowest BCUT2D eigenvalue weighted by Gasteiger charge is -2.20. The molecule has 0 amide bonds. The smallest absolute Gasteiger partial charge is 0.209 e. The molecule has 0 spiro atoms. The molecule has 180 valence electrons. The first-order valence-electron chi connectivity index (χ1n) is 12.8. The fourth-order valence-corrected chi connectivity index (χ4v) is 6.64. The second-order valence-electron chi connectivity index (χ2n) is 11.2. The number of nitrogens with zero attached hydrogens (tertiary/aromatic N) is 1. The maximum Gasteiger partial charge on any atom is 0.209 e. The van der Waals surface area contributed by atoms with Crippen molar-refractivity contribution in [1.82, 2.24) is 0 Å². The van der Waals surface area contributed by atoms with E-state index in [9.17, 15) is 0 Å². The highest BCUT2D eigenvalue weighted by molar-refractivity contribution is 6.32. The Morgan fingerprint density at radius 3 is 2.26 bits per heavy atom. The second kappa shape index (κ2) is 8.76. The van der Waals surface area contributed by atoms with Crippen LogP contribution in [0.5, 0.6) is 0 Å². The van der Waals surface area contributed by atoms with Gasteiger partial charge in [-0.25, -0.2) is 0 Å². The molecule has 2 nitrogen and oxygen atoms in total. The molecule has 5 rings (SSSR count). The molecular weight excluding hydrogens is 448 g/mol. The van der Waals surface area contributed by atoms with E-state index in [1.54, 1.807) is 0 Å². The molecule has 0 radical (unpaired) electrons. The maximum atomic E-state index is 7.01. The van der Waals surface area contributed by atoms with E-state index >= 15 is 0 Å². The molecule has 2 aliphatic heterocycles. The van der Waals surface area contributed by atoms with Crippen molar-refractivity contribution >= 4 is 28.7 Å². The quantitative estimate of drug-likeness (QED) is 0.454. The number of hydrogen-bond donors (Lipinski definition) is 1. The van der Waals surface area contributed by atoms with Gasteiger partial charge in [0, 0.05) is 28.3 Å². The highest BCUT2D eigenvalue weighted by atomic mass is 35.5. The van der Waals surface area contributed by atoms with E-state index in [0.29, 0.717) is 0 Å². The summed E-state index contributed by atoms with van der Waals surface area (Å²) in [6, 6.07) is 17.5. The van der Waals surface area contributed by atoms with E-state index in [1.165, 1.54) is 50.0 Å². The zero-order valence-electron chi connectivity index (χ0n) is 21.9. The molecule has 1 atom stereocenters. The van der Waals surface area contributed by atoms with Gasteiger partial charge in [0.1, 0.15) is 18.4 Å². The Morgan fingerprint density at radius 1 is 0.857 bits per heavy atom. The number of para-hydroxylation sites is 2. The summed E-state index contributed by atoms with van der Waals surface area (Å²) in [7, 11) is 4.42. The van der Waals surface area contributed by atoms with Gasteiger partial charge in [-0.3, -0.25) is 4.90 Å².